The zero-order valence-corrected chi connectivity index (χ0v) is 11.2. The van der Waals surface area contributed by atoms with Crippen LogP contribution in [0.5, 0.6) is 0 Å². The molecule has 0 atom stereocenters. The van der Waals surface area contributed by atoms with E-state index in [-0.39, 0.29) is 12.3 Å². The lowest BCUT2D eigenvalue weighted by atomic mass is 9.66. The monoisotopic (exact) mass is 253 g/mol. The molecular weight excluding hydrogens is 230 g/mol. The van der Waals surface area contributed by atoms with Gasteiger partial charge >= 0.3 is 5.97 Å². The molecular formula is C14H23NO3. The smallest absolute Gasteiger partial charge is 0.310 e. The molecule has 0 unspecified atom stereocenters. The second-order valence-corrected chi connectivity index (χ2v) is 5.79. The van der Waals surface area contributed by atoms with Crippen molar-refractivity contribution >= 4 is 11.9 Å². The minimum Gasteiger partial charge on any atom is -0.481 e. The Morgan fingerprint density at radius 1 is 1.33 bits per heavy atom. The maximum atomic E-state index is 12.3. The molecule has 2 rings (SSSR count). The molecule has 18 heavy (non-hydrogen) atoms. The van der Waals surface area contributed by atoms with Crippen LogP contribution in [0, 0.1) is 5.41 Å². The molecule has 0 aliphatic heterocycles. The van der Waals surface area contributed by atoms with Crippen LogP contribution in [0.3, 0.4) is 0 Å². The number of carbonyl (C=O) groups is 2. The van der Waals surface area contributed by atoms with E-state index in [1.165, 1.54) is 0 Å². The minimum absolute atomic E-state index is 0.0630. The van der Waals surface area contributed by atoms with E-state index in [1.54, 1.807) is 0 Å². The van der Waals surface area contributed by atoms with Gasteiger partial charge in [0.2, 0.25) is 5.91 Å². The summed E-state index contributed by atoms with van der Waals surface area (Å²) in [4.78, 5) is 25.5. The fraction of sp³-hybridized carbons (Fsp3) is 0.857. The predicted octanol–water partition coefficient (Wildman–Crippen LogP) is 2.42. The maximum absolute atomic E-state index is 12.3. The molecule has 1 amide bonds. The number of carboxylic acid groups (broad SMARTS) is 1. The summed E-state index contributed by atoms with van der Waals surface area (Å²) in [5.41, 5.74) is -0.740. The lowest BCUT2D eigenvalue weighted by Crippen LogP contribution is -2.44. The van der Waals surface area contributed by atoms with Gasteiger partial charge in [0, 0.05) is 19.0 Å². The largest absolute Gasteiger partial charge is 0.481 e. The van der Waals surface area contributed by atoms with Crippen LogP contribution in [0.4, 0.5) is 0 Å². The summed E-state index contributed by atoms with van der Waals surface area (Å²) in [5.74, 6) is -0.721. The second kappa shape index (κ2) is 5.29. The Balaban J connectivity index is 1.94. The van der Waals surface area contributed by atoms with Crippen molar-refractivity contribution in [2.24, 2.45) is 5.41 Å². The summed E-state index contributed by atoms with van der Waals surface area (Å²) in [6, 6.07) is 0.398. The van der Waals surface area contributed by atoms with Gasteiger partial charge in [0.1, 0.15) is 0 Å². The van der Waals surface area contributed by atoms with Gasteiger partial charge in [-0.1, -0.05) is 19.8 Å². The van der Waals surface area contributed by atoms with Crippen LogP contribution in [0.15, 0.2) is 0 Å². The fourth-order valence-electron chi connectivity index (χ4n) is 2.69. The van der Waals surface area contributed by atoms with Crippen LogP contribution in [0.1, 0.15) is 58.3 Å². The van der Waals surface area contributed by atoms with Gasteiger partial charge < -0.3 is 10.0 Å². The molecule has 2 fully saturated rings. The molecule has 1 N–H and O–H groups in total. The zero-order chi connectivity index (χ0) is 13.2. The van der Waals surface area contributed by atoms with Crippen molar-refractivity contribution in [2.45, 2.75) is 64.3 Å². The average Bonchev–Trinajstić information content (AvgIpc) is 3.07. The number of rotatable bonds is 7. The number of nitrogens with zero attached hydrogens (tertiary/aromatic N) is 1. The van der Waals surface area contributed by atoms with Gasteiger partial charge in [0.25, 0.3) is 0 Å². The summed E-state index contributed by atoms with van der Waals surface area (Å²) < 4.78 is 0. The molecule has 4 heteroatoms. The van der Waals surface area contributed by atoms with Crippen LogP contribution in [0.25, 0.3) is 0 Å². The highest BCUT2D eigenvalue weighted by Gasteiger charge is 2.47. The minimum atomic E-state index is -0.784. The molecule has 0 saturated heterocycles. The van der Waals surface area contributed by atoms with Gasteiger partial charge in [0.15, 0.2) is 0 Å². The van der Waals surface area contributed by atoms with E-state index < -0.39 is 11.4 Å². The summed E-state index contributed by atoms with van der Waals surface area (Å²) in [7, 11) is 0. The molecule has 102 valence electrons. The summed E-state index contributed by atoms with van der Waals surface area (Å²) >= 11 is 0. The van der Waals surface area contributed by atoms with E-state index in [1.807, 2.05) is 4.90 Å². The van der Waals surface area contributed by atoms with Crippen molar-refractivity contribution in [3.8, 4) is 0 Å². The van der Waals surface area contributed by atoms with Gasteiger partial charge in [-0.2, -0.15) is 0 Å². The number of aliphatic carboxylic acids is 1. The Morgan fingerprint density at radius 2 is 2.00 bits per heavy atom. The van der Waals surface area contributed by atoms with Gasteiger partial charge in [-0.25, -0.2) is 0 Å². The average molecular weight is 253 g/mol. The van der Waals surface area contributed by atoms with Crippen molar-refractivity contribution in [2.75, 3.05) is 6.54 Å². The van der Waals surface area contributed by atoms with Crippen molar-refractivity contribution in [1.82, 2.24) is 4.90 Å². The van der Waals surface area contributed by atoms with Crippen molar-refractivity contribution in [1.29, 1.82) is 0 Å². The lowest BCUT2D eigenvalue weighted by Gasteiger charge is -2.38. The normalized spacial score (nSPS) is 21.2. The Kier molecular flexibility index (Phi) is 3.93. The summed E-state index contributed by atoms with van der Waals surface area (Å²) in [6.45, 7) is 2.91. The van der Waals surface area contributed by atoms with E-state index in [0.717, 1.165) is 38.6 Å². The Morgan fingerprint density at radius 3 is 2.39 bits per heavy atom. The summed E-state index contributed by atoms with van der Waals surface area (Å²) in [6.07, 6.45) is 6.76. The number of unbranched alkanes of at least 4 members (excludes halogenated alkanes) is 1. The van der Waals surface area contributed by atoms with Crippen LogP contribution in [-0.2, 0) is 9.59 Å². The molecule has 0 aromatic carbocycles. The quantitative estimate of drug-likeness (QED) is 0.758. The van der Waals surface area contributed by atoms with Crippen molar-refractivity contribution < 1.29 is 14.7 Å². The topological polar surface area (TPSA) is 57.6 Å². The first-order valence-electron chi connectivity index (χ1n) is 7.12. The molecule has 4 nitrogen and oxygen atoms in total. The van der Waals surface area contributed by atoms with Crippen LogP contribution < -0.4 is 0 Å². The standard InChI is InChI=1S/C14H23NO3/c1-2-3-9-15(11-5-6-11)12(16)10-14(13(17)18)7-4-8-14/h11H,2-10H2,1H3,(H,17,18). The number of carbonyl (C=O) groups excluding carboxylic acids is 1. The van der Waals surface area contributed by atoms with Gasteiger partial charge in [0.05, 0.1) is 5.41 Å². The third kappa shape index (κ3) is 2.68. The van der Waals surface area contributed by atoms with Crippen LogP contribution in [0.2, 0.25) is 0 Å². The first kappa shape index (κ1) is 13.4. The molecule has 0 aromatic heterocycles. The van der Waals surface area contributed by atoms with Crippen molar-refractivity contribution in [3.63, 3.8) is 0 Å². The van der Waals surface area contributed by atoms with Gasteiger partial charge in [-0.3, -0.25) is 9.59 Å². The highest BCUT2D eigenvalue weighted by molar-refractivity contribution is 5.86. The number of hydrogen-bond acceptors (Lipinski definition) is 2. The molecule has 0 bridgehead atoms. The first-order valence-corrected chi connectivity index (χ1v) is 7.12. The highest BCUT2D eigenvalue weighted by atomic mass is 16.4. The number of hydrogen-bond donors (Lipinski definition) is 1. The van der Waals surface area contributed by atoms with E-state index in [0.29, 0.717) is 18.9 Å². The Hall–Kier alpha value is -1.06. The molecule has 0 aromatic rings. The Labute approximate surface area is 108 Å². The first-order chi connectivity index (χ1) is 8.59. The van der Waals surface area contributed by atoms with Crippen LogP contribution in [-0.4, -0.2) is 34.5 Å². The van der Waals surface area contributed by atoms with Crippen LogP contribution >= 0.6 is 0 Å². The SMILES string of the molecule is CCCCN(C(=O)CC1(C(=O)O)CCC1)C1CC1. The maximum Gasteiger partial charge on any atom is 0.310 e. The van der Waals surface area contributed by atoms with Gasteiger partial charge in [-0.05, 0) is 32.1 Å². The van der Waals surface area contributed by atoms with Crippen molar-refractivity contribution in [3.05, 3.63) is 0 Å². The predicted molar refractivity (Wildman–Crippen MR) is 68.2 cm³/mol. The third-order valence-corrected chi connectivity index (χ3v) is 4.31. The lowest BCUT2D eigenvalue weighted by molar-refractivity contribution is -0.159. The van der Waals surface area contributed by atoms with E-state index in [2.05, 4.69) is 6.92 Å². The Bertz CT molecular complexity index is 332. The molecule has 0 radical (unpaired) electrons. The molecule has 2 aliphatic carbocycles. The van der Waals surface area contributed by atoms with E-state index in [9.17, 15) is 14.7 Å². The summed E-state index contributed by atoms with van der Waals surface area (Å²) in [5, 5.41) is 9.27. The fourth-order valence-corrected chi connectivity index (χ4v) is 2.69. The number of carboxylic acids is 1. The zero-order valence-electron chi connectivity index (χ0n) is 11.2. The second-order valence-electron chi connectivity index (χ2n) is 5.79. The molecule has 2 saturated carbocycles. The van der Waals surface area contributed by atoms with E-state index >= 15 is 0 Å². The molecule has 2 aliphatic rings. The van der Waals surface area contributed by atoms with E-state index in [4.69, 9.17) is 0 Å². The molecule has 0 spiro atoms. The highest BCUT2D eigenvalue weighted by Crippen LogP contribution is 2.45. The number of amides is 1. The molecule has 0 heterocycles. The van der Waals surface area contributed by atoms with Gasteiger partial charge in [-0.15, -0.1) is 0 Å². The third-order valence-electron chi connectivity index (χ3n) is 4.31.